The number of nitrogens with zero attached hydrogens (tertiary/aromatic N) is 1. The molecule has 0 bridgehead atoms. The number of hydrogen-bond acceptors (Lipinski definition) is 1. The van der Waals surface area contributed by atoms with Crippen LogP contribution in [-0.2, 0) is 6.42 Å². The van der Waals surface area contributed by atoms with E-state index in [1.54, 1.807) is 0 Å². The molecule has 1 heterocycles. The fourth-order valence-corrected chi connectivity index (χ4v) is 3.27. The Kier molecular flexibility index (Phi) is 7.29. The van der Waals surface area contributed by atoms with Gasteiger partial charge >= 0.3 is 0 Å². The Labute approximate surface area is 131 Å². The van der Waals surface area contributed by atoms with Crippen LogP contribution in [0.4, 0.5) is 0 Å². The zero-order valence-electron chi connectivity index (χ0n) is 14.1. The first-order valence-corrected chi connectivity index (χ1v) is 9.07. The van der Waals surface area contributed by atoms with Crippen LogP contribution in [0.2, 0.25) is 0 Å². The van der Waals surface area contributed by atoms with Gasteiger partial charge in [0.05, 0.1) is 0 Å². The summed E-state index contributed by atoms with van der Waals surface area (Å²) < 4.78 is 0. The molecule has 1 aromatic rings. The molecule has 21 heavy (non-hydrogen) atoms. The van der Waals surface area contributed by atoms with E-state index in [0.29, 0.717) is 5.92 Å². The van der Waals surface area contributed by atoms with Crippen molar-refractivity contribution in [2.45, 2.75) is 71.1 Å². The van der Waals surface area contributed by atoms with Gasteiger partial charge in [0.1, 0.15) is 0 Å². The molecular weight excluding hydrogens is 254 g/mol. The lowest BCUT2D eigenvalue weighted by molar-refractivity contribution is 0.224. The molecule has 0 radical (unpaired) electrons. The second kappa shape index (κ2) is 9.25. The molecule has 118 valence electrons. The van der Waals surface area contributed by atoms with Crippen molar-refractivity contribution in [2.75, 3.05) is 19.6 Å². The molecule has 1 aromatic carbocycles. The number of likely N-dealkylation sites (tertiary alicyclic amines) is 1. The van der Waals surface area contributed by atoms with Crippen LogP contribution in [0.5, 0.6) is 0 Å². The Hall–Kier alpha value is -0.820. The van der Waals surface area contributed by atoms with Crippen molar-refractivity contribution in [3.8, 4) is 0 Å². The average molecular weight is 287 g/mol. The van der Waals surface area contributed by atoms with Gasteiger partial charge < -0.3 is 4.90 Å². The summed E-state index contributed by atoms with van der Waals surface area (Å²) in [4.78, 5) is 2.66. The van der Waals surface area contributed by atoms with Crippen LogP contribution in [0.1, 0.15) is 75.8 Å². The lowest BCUT2D eigenvalue weighted by Crippen LogP contribution is -2.30. The third-order valence-electron chi connectivity index (χ3n) is 4.78. The third-order valence-corrected chi connectivity index (χ3v) is 4.78. The van der Waals surface area contributed by atoms with E-state index < -0.39 is 0 Å². The van der Waals surface area contributed by atoms with E-state index in [1.165, 1.54) is 82.1 Å². The number of benzene rings is 1. The quantitative estimate of drug-likeness (QED) is 0.579. The summed E-state index contributed by atoms with van der Waals surface area (Å²) in [7, 11) is 0. The number of piperidine rings is 1. The van der Waals surface area contributed by atoms with Crippen LogP contribution in [0, 0.1) is 0 Å². The highest BCUT2D eigenvalue weighted by molar-refractivity contribution is 5.24. The molecule has 2 rings (SSSR count). The molecule has 1 heteroatoms. The first kappa shape index (κ1) is 16.5. The average Bonchev–Trinajstić information content (AvgIpc) is 2.52. The third kappa shape index (κ3) is 6.22. The SMILES string of the molecule is CC(C)c1ccc(CCCCCCN2CCCCC2)cc1. The van der Waals surface area contributed by atoms with Crippen LogP contribution < -0.4 is 0 Å². The lowest BCUT2D eigenvalue weighted by atomic mass is 9.99. The van der Waals surface area contributed by atoms with Gasteiger partial charge in [-0.15, -0.1) is 0 Å². The van der Waals surface area contributed by atoms with Crippen LogP contribution in [0.3, 0.4) is 0 Å². The molecule has 1 aliphatic heterocycles. The van der Waals surface area contributed by atoms with Gasteiger partial charge in [0.15, 0.2) is 0 Å². The van der Waals surface area contributed by atoms with Gasteiger partial charge in [-0.05, 0) is 68.8 Å². The molecule has 0 aliphatic carbocycles. The zero-order valence-corrected chi connectivity index (χ0v) is 14.1. The van der Waals surface area contributed by atoms with E-state index in [2.05, 4.69) is 43.0 Å². The number of rotatable bonds is 8. The minimum atomic E-state index is 0.647. The van der Waals surface area contributed by atoms with Crippen LogP contribution in [0.25, 0.3) is 0 Å². The van der Waals surface area contributed by atoms with E-state index >= 15 is 0 Å². The second-order valence-corrected chi connectivity index (χ2v) is 6.96. The van der Waals surface area contributed by atoms with Crippen molar-refractivity contribution < 1.29 is 0 Å². The minimum Gasteiger partial charge on any atom is -0.303 e. The Morgan fingerprint density at radius 1 is 0.857 bits per heavy atom. The topological polar surface area (TPSA) is 3.24 Å². The fourth-order valence-electron chi connectivity index (χ4n) is 3.27. The highest BCUT2D eigenvalue weighted by Crippen LogP contribution is 2.16. The molecular formula is C20H33N. The first-order valence-electron chi connectivity index (χ1n) is 9.07. The monoisotopic (exact) mass is 287 g/mol. The highest BCUT2D eigenvalue weighted by Gasteiger charge is 2.08. The van der Waals surface area contributed by atoms with Crippen molar-refractivity contribution in [2.24, 2.45) is 0 Å². The van der Waals surface area contributed by atoms with Crippen LogP contribution in [0.15, 0.2) is 24.3 Å². The molecule has 1 saturated heterocycles. The molecule has 1 aliphatic rings. The van der Waals surface area contributed by atoms with Gasteiger partial charge in [0.2, 0.25) is 0 Å². The molecule has 0 spiro atoms. The van der Waals surface area contributed by atoms with E-state index in [9.17, 15) is 0 Å². The van der Waals surface area contributed by atoms with Crippen LogP contribution >= 0.6 is 0 Å². The summed E-state index contributed by atoms with van der Waals surface area (Å²) in [5.74, 6) is 0.647. The molecule has 1 fully saturated rings. The number of hydrogen-bond donors (Lipinski definition) is 0. The minimum absolute atomic E-state index is 0.647. The number of unbranched alkanes of at least 4 members (excludes halogenated alkanes) is 3. The van der Waals surface area contributed by atoms with Gasteiger partial charge in [-0.3, -0.25) is 0 Å². The zero-order chi connectivity index (χ0) is 14.9. The van der Waals surface area contributed by atoms with Gasteiger partial charge in [-0.25, -0.2) is 0 Å². The summed E-state index contributed by atoms with van der Waals surface area (Å²) >= 11 is 0. The molecule has 0 aromatic heterocycles. The Balaban J connectivity index is 1.53. The van der Waals surface area contributed by atoms with E-state index in [0.717, 1.165) is 0 Å². The predicted molar refractivity (Wildman–Crippen MR) is 93.0 cm³/mol. The Morgan fingerprint density at radius 2 is 1.52 bits per heavy atom. The maximum Gasteiger partial charge on any atom is -0.00187 e. The van der Waals surface area contributed by atoms with Gasteiger partial charge in [0, 0.05) is 0 Å². The fraction of sp³-hybridized carbons (Fsp3) is 0.700. The smallest absolute Gasteiger partial charge is 0.00187 e. The lowest BCUT2D eigenvalue weighted by Gasteiger charge is -2.26. The normalized spacial score (nSPS) is 16.5. The maximum atomic E-state index is 2.66. The highest BCUT2D eigenvalue weighted by atomic mass is 15.1. The molecule has 0 unspecified atom stereocenters. The molecule has 0 atom stereocenters. The summed E-state index contributed by atoms with van der Waals surface area (Å²) in [6, 6.07) is 9.25. The maximum absolute atomic E-state index is 2.66. The molecule has 0 N–H and O–H groups in total. The molecule has 0 amide bonds. The van der Waals surface area contributed by atoms with Crippen molar-refractivity contribution in [1.29, 1.82) is 0 Å². The Bertz CT molecular complexity index is 373. The number of aryl methyl sites for hydroxylation is 1. The molecule has 1 nitrogen and oxygen atoms in total. The molecule has 0 saturated carbocycles. The summed E-state index contributed by atoms with van der Waals surface area (Å²) in [6.07, 6.45) is 11.1. The largest absolute Gasteiger partial charge is 0.303 e. The van der Waals surface area contributed by atoms with Crippen molar-refractivity contribution in [3.63, 3.8) is 0 Å². The standard InChI is InChI=1S/C20H33N/c1-18(2)20-13-11-19(12-14-20)10-6-3-4-7-15-21-16-8-5-9-17-21/h11-14,18H,3-10,15-17H2,1-2H3. The van der Waals surface area contributed by atoms with Gasteiger partial charge in [-0.2, -0.15) is 0 Å². The van der Waals surface area contributed by atoms with E-state index in [4.69, 9.17) is 0 Å². The predicted octanol–water partition coefficient (Wildman–Crippen LogP) is 5.40. The van der Waals surface area contributed by atoms with Crippen molar-refractivity contribution in [3.05, 3.63) is 35.4 Å². The second-order valence-electron chi connectivity index (χ2n) is 6.96. The van der Waals surface area contributed by atoms with E-state index in [-0.39, 0.29) is 0 Å². The van der Waals surface area contributed by atoms with E-state index in [1.807, 2.05) is 0 Å². The van der Waals surface area contributed by atoms with Crippen LogP contribution in [-0.4, -0.2) is 24.5 Å². The Morgan fingerprint density at radius 3 is 2.19 bits per heavy atom. The van der Waals surface area contributed by atoms with Gasteiger partial charge in [-0.1, -0.05) is 57.4 Å². The summed E-state index contributed by atoms with van der Waals surface area (Å²) in [5, 5.41) is 0. The van der Waals surface area contributed by atoms with Crippen molar-refractivity contribution in [1.82, 2.24) is 4.90 Å². The van der Waals surface area contributed by atoms with Gasteiger partial charge in [0.25, 0.3) is 0 Å². The summed E-state index contributed by atoms with van der Waals surface area (Å²) in [5.41, 5.74) is 2.97. The van der Waals surface area contributed by atoms with Crippen molar-refractivity contribution >= 4 is 0 Å². The summed E-state index contributed by atoms with van der Waals surface area (Å²) in [6.45, 7) is 8.56. The first-order chi connectivity index (χ1) is 10.3.